The van der Waals surface area contributed by atoms with Crippen LogP contribution in [0.2, 0.25) is 0 Å². The Morgan fingerprint density at radius 3 is 2.82 bits per heavy atom. The molecule has 2 aliphatic rings. The fraction of sp³-hybridized carbons (Fsp3) is 0.250. The largest absolute Gasteiger partial charge is 0.454 e. The van der Waals surface area contributed by atoms with E-state index in [0.29, 0.717) is 18.7 Å². The number of rotatable bonds is 3. The van der Waals surface area contributed by atoms with Gasteiger partial charge in [0.2, 0.25) is 12.6 Å². The number of nitrogens with zero attached hydrogens (tertiary/aromatic N) is 2. The third-order valence-corrected chi connectivity index (χ3v) is 2.90. The number of aliphatic imine (C=N–C) groups is 1. The summed E-state index contributed by atoms with van der Waals surface area (Å²) in [6.45, 7) is 0. The third kappa shape index (κ3) is 1.51. The topological polar surface area (TPSA) is 59.0 Å². The van der Waals surface area contributed by atoms with Crippen molar-refractivity contribution in [3.63, 3.8) is 0 Å². The summed E-state index contributed by atoms with van der Waals surface area (Å²) in [5.74, 6) is 0.233. The van der Waals surface area contributed by atoms with E-state index >= 15 is 0 Å². The monoisotopic (exact) mass is 230 g/mol. The average molecular weight is 230 g/mol. The van der Waals surface area contributed by atoms with Gasteiger partial charge in [0, 0.05) is 6.42 Å². The van der Waals surface area contributed by atoms with Gasteiger partial charge in [0.25, 0.3) is 5.91 Å². The van der Waals surface area contributed by atoms with Crippen LogP contribution in [0.25, 0.3) is 0 Å². The Morgan fingerprint density at radius 2 is 2.12 bits per heavy atom. The fourth-order valence-electron chi connectivity index (χ4n) is 2.00. The van der Waals surface area contributed by atoms with E-state index in [0.717, 1.165) is 10.5 Å². The van der Waals surface area contributed by atoms with Crippen molar-refractivity contribution < 1.29 is 14.3 Å². The van der Waals surface area contributed by atoms with Crippen LogP contribution in [0.5, 0.6) is 0 Å². The summed E-state index contributed by atoms with van der Waals surface area (Å²) < 4.78 is 5.46. The van der Waals surface area contributed by atoms with Crippen molar-refractivity contribution in [1.29, 1.82) is 0 Å². The van der Waals surface area contributed by atoms with Gasteiger partial charge in [-0.15, -0.1) is 0 Å². The summed E-state index contributed by atoms with van der Waals surface area (Å²) in [7, 11) is 0. The Hall–Kier alpha value is -2.17. The molecule has 1 saturated heterocycles. The molecule has 2 atom stereocenters. The van der Waals surface area contributed by atoms with E-state index in [9.17, 15) is 9.59 Å². The number of β-lactam (4-membered cyclic amide) rings is 1. The Balaban J connectivity index is 1.72. The van der Waals surface area contributed by atoms with Crippen molar-refractivity contribution in [3.05, 3.63) is 35.9 Å². The van der Waals surface area contributed by atoms with Crippen LogP contribution in [-0.4, -0.2) is 35.4 Å². The highest BCUT2D eigenvalue weighted by atomic mass is 16.5. The highest BCUT2D eigenvalue weighted by molar-refractivity contribution is 6.01. The first kappa shape index (κ1) is 10.0. The van der Waals surface area contributed by atoms with E-state index in [1.54, 1.807) is 0 Å². The lowest BCUT2D eigenvalue weighted by atomic mass is 10.1. The minimum Gasteiger partial charge on any atom is -0.454 e. The van der Waals surface area contributed by atoms with Crippen molar-refractivity contribution >= 4 is 18.2 Å². The SMILES string of the molecule is O=CN1C(=O)[C@H]2N=C(Cc3ccccc3)O[C@H]21. The molecule has 2 heterocycles. The van der Waals surface area contributed by atoms with Crippen molar-refractivity contribution in [2.75, 3.05) is 0 Å². The predicted molar refractivity (Wildman–Crippen MR) is 59.2 cm³/mol. The predicted octanol–water partition coefficient (Wildman–Crippen LogP) is 0.351. The van der Waals surface area contributed by atoms with Crippen molar-refractivity contribution in [3.8, 4) is 0 Å². The molecule has 86 valence electrons. The Kier molecular flexibility index (Phi) is 2.18. The molecule has 0 saturated carbocycles. The highest BCUT2D eigenvalue weighted by Gasteiger charge is 2.53. The first-order valence-corrected chi connectivity index (χ1v) is 5.34. The Labute approximate surface area is 97.7 Å². The summed E-state index contributed by atoms with van der Waals surface area (Å²) in [4.78, 5) is 27.2. The van der Waals surface area contributed by atoms with Gasteiger partial charge in [-0.25, -0.2) is 9.89 Å². The molecular weight excluding hydrogens is 220 g/mol. The van der Waals surface area contributed by atoms with Gasteiger partial charge < -0.3 is 4.74 Å². The van der Waals surface area contributed by atoms with E-state index in [2.05, 4.69) is 4.99 Å². The maximum absolute atomic E-state index is 11.4. The average Bonchev–Trinajstić information content (AvgIpc) is 2.71. The number of fused-ring (bicyclic) bond motifs is 1. The quantitative estimate of drug-likeness (QED) is 0.556. The standard InChI is InChI=1S/C12H10N2O3/c15-7-14-11(16)10-12(14)17-9(13-10)6-8-4-2-1-3-5-8/h1-5,7,10,12H,6H2/t10-,12-/m1/s1. The van der Waals surface area contributed by atoms with Crippen LogP contribution in [0.3, 0.4) is 0 Å². The van der Waals surface area contributed by atoms with Crippen molar-refractivity contribution in [2.24, 2.45) is 4.99 Å². The summed E-state index contributed by atoms with van der Waals surface area (Å²) in [5, 5.41) is 0. The molecule has 0 spiro atoms. The Morgan fingerprint density at radius 1 is 1.35 bits per heavy atom. The van der Waals surface area contributed by atoms with Gasteiger partial charge in [-0.1, -0.05) is 30.3 Å². The molecule has 5 heteroatoms. The lowest BCUT2D eigenvalue weighted by molar-refractivity contribution is -0.166. The van der Waals surface area contributed by atoms with Gasteiger partial charge in [0.15, 0.2) is 11.9 Å². The molecule has 0 aromatic heterocycles. The van der Waals surface area contributed by atoms with E-state index in [1.165, 1.54) is 0 Å². The Bertz CT molecular complexity index is 498. The van der Waals surface area contributed by atoms with E-state index < -0.39 is 12.3 Å². The molecule has 0 bridgehead atoms. The summed E-state index contributed by atoms with van der Waals surface area (Å²) >= 11 is 0. The zero-order chi connectivity index (χ0) is 11.8. The maximum atomic E-state index is 11.4. The zero-order valence-corrected chi connectivity index (χ0v) is 8.95. The first-order chi connectivity index (χ1) is 8.29. The molecule has 0 unspecified atom stereocenters. The van der Waals surface area contributed by atoms with Gasteiger partial charge in [-0.2, -0.15) is 0 Å². The molecule has 0 N–H and O–H groups in total. The molecule has 5 nitrogen and oxygen atoms in total. The second kappa shape index (κ2) is 3.69. The fourth-order valence-corrected chi connectivity index (χ4v) is 2.00. The molecule has 0 radical (unpaired) electrons. The normalized spacial score (nSPS) is 25.8. The van der Waals surface area contributed by atoms with Crippen LogP contribution >= 0.6 is 0 Å². The molecule has 3 rings (SSSR count). The molecule has 0 aliphatic carbocycles. The molecule has 1 aromatic carbocycles. The van der Waals surface area contributed by atoms with Crippen LogP contribution in [0, 0.1) is 0 Å². The molecule has 2 aliphatic heterocycles. The number of ether oxygens (including phenoxy) is 1. The van der Waals surface area contributed by atoms with Gasteiger partial charge >= 0.3 is 0 Å². The number of imide groups is 1. The second-order valence-corrected chi connectivity index (χ2v) is 3.99. The van der Waals surface area contributed by atoms with Gasteiger partial charge in [0.05, 0.1) is 0 Å². The number of carbonyl (C=O) groups excluding carboxylic acids is 2. The summed E-state index contributed by atoms with van der Waals surface area (Å²) in [5.41, 5.74) is 1.07. The molecule has 1 fully saturated rings. The lowest BCUT2D eigenvalue weighted by Gasteiger charge is -2.35. The van der Waals surface area contributed by atoms with Gasteiger partial charge in [-0.3, -0.25) is 9.59 Å². The number of hydrogen-bond acceptors (Lipinski definition) is 4. The molecule has 1 aromatic rings. The first-order valence-electron chi connectivity index (χ1n) is 5.34. The van der Waals surface area contributed by atoms with Crippen molar-refractivity contribution in [2.45, 2.75) is 18.7 Å². The number of carbonyl (C=O) groups is 2. The van der Waals surface area contributed by atoms with Crippen LogP contribution in [-0.2, 0) is 20.7 Å². The van der Waals surface area contributed by atoms with Gasteiger partial charge in [-0.05, 0) is 5.56 Å². The minimum atomic E-state index is -0.515. The van der Waals surface area contributed by atoms with E-state index in [-0.39, 0.29) is 5.91 Å². The number of hydrogen-bond donors (Lipinski definition) is 0. The minimum absolute atomic E-state index is 0.284. The highest BCUT2D eigenvalue weighted by Crippen LogP contribution is 2.28. The smallest absolute Gasteiger partial charge is 0.262 e. The maximum Gasteiger partial charge on any atom is 0.262 e. The number of benzene rings is 1. The van der Waals surface area contributed by atoms with Crippen LogP contribution in [0.15, 0.2) is 35.3 Å². The second-order valence-electron chi connectivity index (χ2n) is 3.99. The zero-order valence-electron chi connectivity index (χ0n) is 8.95. The van der Waals surface area contributed by atoms with Gasteiger partial charge in [0.1, 0.15) is 0 Å². The number of likely N-dealkylation sites (tertiary alicyclic amines) is 1. The molecular formula is C12H10N2O3. The van der Waals surface area contributed by atoms with Crippen molar-refractivity contribution in [1.82, 2.24) is 4.90 Å². The number of amides is 2. The molecule has 17 heavy (non-hydrogen) atoms. The van der Waals surface area contributed by atoms with Crippen LogP contribution in [0.4, 0.5) is 0 Å². The third-order valence-electron chi connectivity index (χ3n) is 2.90. The summed E-state index contributed by atoms with van der Waals surface area (Å²) in [6.07, 6.45) is 0.525. The van der Waals surface area contributed by atoms with Crippen LogP contribution in [0.1, 0.15) is 5.56 Å². The molecule has 2 amide bonds. The van der Waals surface area contributed by atoms with Crippen LogP contribution < -0.4 is 0 Å². The van der Waals surface area contributed by atoms with E-state index in [4.69, 9.17) is 4.74 Å². The summed E-state index contributed by atoms with van der Waals surface area (Å²) in [6, 6.07) is 9.21. The van der Waals surface area contributed by atoms with E-state index in [1.807, 2.05) is 30.3 Å². The lowest BCUT2D eigenvalue weighted by Crippen LogP contribution is -2.62.